The molecular weight excluding hydrogens is 312 g/mol. The van der Waals surface area contributed by atoms with Crippen LogP contribution in [0.3, 0.4) is 0 Å². The number of ether oxygens (including phenoxy) is 1. The summed E-state index contributed by atoms with van der Waals surface area (Å²) in [4.78, 5) is 1.56. The van der Waals surface area contributed by atoms with Gasteiger partial charge in [-0.1, -0.05) is 45.1 Å². The van der Waals surface area contributed by atoms with Crippen LogP contribution in [0.2, 0.25) is 0 Å². The average molecular weight is 344 g/mol. The highest BCUT2D eigenvalue weighted by molar-refractivity contribution is 7.97. The summed E-state index contributed by atoms with van der Waals surface area (Å²) in [6.45, 7) is 3.11. The van der Waals surface area contributed by atoms with Crippen molar-refractivity contribution < 1.29 is 4.74 Å². The van der Waals surface area contributed by atoms with E-state index in [1.807, 2.05) is 0 Å². The molecule has 1 aliphatic heterocycles. The molecule has 0 aromatic heterocycles. The van der Waals surface area contributed by atoms with E-state index in [9.17, 15) is 0 Å². The van der Waals surface area contributed by atoms with Gasteiger partial charge in [-0.15, -0.1) is 0 Å². The van der Waals surface area contributed by atoms with Gasteiger partial charge in [0, 0.05) is 17.0 Å². The zero-order valence-electron chi connectivity index (χ0n) is 15.1. The molecule has 0 aliphatic carbocycles. The molecule has 2 aromatic carbocycles. The SMILES string of the molecule is CCCCCCCCOc1ccc2cc([S+]3CCCC3)ccc2c1. The predicted molar refractivity (Wildman–Crippen MR) is 107 cm³/mol. The maximum Gasteiger partial charge on any atom is 0.155 e. The molecule has 24 heavy (non-hydrogen) atoms. The van der Waals surface area contributed by atoms with Crippen molar-refractivity contribution in [2.45, 2.75) is 63.2 Å². The van der Waals surface area contributed by atoms with Crippen molar-refractivity contribution in [1.82, 2.24) is 0 Å². The zero-order chi connectivity index (χ0) is 16.6. The van der Waals surface area contributed by atoms with Crippen LogP contribution in [-0.4, -0.2) is 18.1 Å². The van der Waals surface area contributed by atoms with E-state index in [2.05, 4.69) is 43.3 Å². The Balaban J connectivity index is 1.51. The van der Waals surface area contributed by atoms with Crippen molar-refractivity contribution in [3.8, 4) is 5.75 Å². The quantitative estimate of drug-likeness (QED) is 0.381. The third-order valence-corrected chi connectivity index (χ3v) is 7.40. The molecule has 1 aliphatic rings. The summed E-state index contributed by atoms with van der Waals surface area (Å²) >= 11 is 0. The number of benzene rings is 2. The molecule has 0 unspecified atom stereocenters. The molecule has 2 heteroatoms. The molecular formula is C22H31OS+. The van der Waals surface area contributed by atoms with Gasteiger partial charge in [-0.2, -0.15) is 0 Å². The van der Waals surface area contributed by atoms with Gasteiger partial charge < -0.3 is 4.74 Å². The van der Waals surface area contributed by atoms with Crippen LogP contribution in [0.5, 0.6) is 5.75 Å². The van der Waals surface area contributed by atoms with E-state index < -0.39 is 0 Å². The second-order valence-corrected chi connectivity index (χ2v) is 9.17. The Morgan fingerprint density at radius 3 is 2.38 bits per heavy atom. The number of rotatable bonds is 9. The Labute approximate surface area is 150 Å². The van der Waals surface area contributed by atoms with Crippen molar-refractivity contribution in [3.63, 3.8) is 0 Å². The first-order valence-electron chi connectivity index (χ1n) is 9.71. The fourth-order valence-corrected chi connectivity index (χ4v) is 5.77. The predicted octanol–water partition coefficient (Wildman–Crippen LogP) is 6.35. The lowest BCUT2D eigenvalue weighted by Crippen LogP contribution is -2.03. The molecule has 0 bridgehead atoms. The maximum absolute atomic E-state index is 5.95. The lowest BCUT2D eigenvalue weighted by molar-refractivity contribution is 0.305. The number of hydrogen-bond donors (Lipinski definition) is 0. The van der Waals surface area contributed by atoms with Gasteiger partial charge in [0.1, 0.15) is 17.3 Å². The minimum atomic E-state index is 0.507. The van der Waals surface area contributed by atoms with Crippen LogP contribution in [0.4, 0.5) is 0 Å². The fourth-order valence-electron chi connectivity index (χ4n) is 3.43. The summed E-state index contributed by atoms with van der Waals surface area (Å²) in [5, 5.41) is 2.67. The average Bonchev–Trinajstić information content (AvgIpc) is 3.15. The van der Waals surface area contributed by atoms with E-state index in [4.69, 9.17) is 4.74 Å². The highest BCUT2D eigenvalue weighted by atomic mass is 32.2. The summed E-state index contributed by atoms with van der Waals surface area (Å²) < 4.78 is 5.95. The highest BCUT2D eigenvalue weighted by Gasteiger charge is 2.26. The van der Waals surface area contributed by atoms with Gasteiger partial charge in [0.25, 0.3) is 0 Å². The molecule has 3 rings (SSSR count). The number of unbranched alkanes of at least 4 members (excludes halogenated alkanes) is 5. The molecule has 1 nitrogen and oxygen atoms in total. The number of hydrogen-bond acceptors (Lipinski definition) is 1. The first-order valence-corrected chi connectivity index (χ1v) is 11.3. The van der Waals surface area contributed by atoms with E-state index in [0.717, 1.165) is 12.4 Å². The Bertz CT molecular complexity index is 631. The van der Waals surface area contributed by atoms with Crippen molar-refractivity contribution in [1.29, 1.82) is 0 Å². The monoisotopic (exact) mass is 343 g/mol. The van der Waals surface area contributed by atoms with E-state index in [-0.39, 0.29) is 0 Å². The summed E-state index contributed by atoms with van der Waals surface area (Å²) in [7, 11) is 0.507. The van der Waals surface area contributed by atoms with E-state index in [0.29, 0.717) is 10.9 Å². The first-order chi connectivity index (χ1) is 11.9. The number of fused-ring (bicyclic) bond motifs is 1. The van der Waals surface area contributed by atoms with Gasteiger partial charge in [0.05, 0.1) is 6.61 Å². The Morgan fingerprint density at radius 1 is 0.833 bits per heavy atom. The van der Waals surface area contributed by atoms with Crippen molar-refractivity contribution in [3.05, 3.63) is 36.4 Å². The van der Waals surface area contributed by atoms with Crippen LogP contribution >= 0.6 is 0 Å². The summed E-state index contributed by atoms with van der Waals surface area (Å²) in [6, 6.07) is 13.6. The minimum Gasteiger partial charge on any atom is -0.494 e. The first kappa shape index (κ1) is 17.7. The van der Waals surface area contributed by atoms with E-state index in [1.54, 1.807) is 4.90 Å². The van der Waals surface area contributed by atoms with Gasteiger partial charge in [-0.05, 0) is 54.3 Å². The molecule has 0 radical (unpaired) electrons. The smallest absolute Gasteiger partial charge is 0.155 e. The van der Waals surface area contributed by atoms with Crippen LogP contribution in [0.15, 0.2) is 41.3 Å². The summed E-state index contributed by atoms with van der Waals surface area (Å²) in [5.41, 5.74) is 0. The maximum atomic E-state index is 5.95. The molecule has 1 saturated heterocycles. The largest absolute Gasteiger partial charge is 0.494 e. The third kappa shape index (κ3) is 4.92. The van der Waals surface area contributed by atoms with Gasteiger partial charge in [-0.3, -0.25) is 0 Å². The van der Waals surface area contributed by atoms with Crippen LogP contribution in [-0.2, 0) is 10.9 Å². The minimum absolute atomic E-state index is 0.507. The Kier molecular flexibility index (Phi) is 6.89. The molecule has 1 heterocycles. The normalized spacial score (nSPS) is 15.2. The molecule has 0 N–H and O–H groups in total. The fraction of sp³-hybridized carbons (Fsp3) is 0.545. The van der Waals surface area contributed by atoms with Crippen LogP contribution < -0.4 is 4.74 Å². The Hall–Kier alpha value is -1.15. The van der Waals surface area contributed by atoms with Crippen molar-refractivity contribution in [2.75, 3.05) is 18.1 Å². The van der Waals surface area contributed by atoms with Crippen molar-refractivity contribution in [2.24, 2.45) is 0 Å². The van der Waals surface area contributed by atoms with Crippen LogP contribution in [0.25, 0.3) is 10.8 Å². The topological polar surface area (TPSA) is 9.23 Å². The summed E-state index contributed by atoms with van der Waals surface area (Å²) in [6.07, 6.45) is 10.7. The lowest BCUT2D eigenvalue weighted by Gasteiger charge is -2.08. The van der Waals surface area contributed by atoms with Crippen LogP contribution in [0, 0.1) is 0 Å². The second kappa shape index (κ2) is 9.36. The van der Waals surface area contributed by atoms with Crippen molar-refractivity contribution >= 4 is 21.7 Å². The van der Waals surface area contributed by atoms with Crippen LogP contribution in [0.1, 0.15) is 58.3 Å². The van der Waals surface area contributed by atoms with Gasteiger partial charge in [0.2, 0.25) is 0 Å². The molecule has 0 atom stereocenters. The molecule has 0 saturated carbocycles. The molecule has 2 aromatic rings. The molecule has 1 fully saturated rings. The van der Waals surface area contributed by atoms with E-state index >= 15 is 0 Å². The molecule has 0 spiro atoms. The highest BCUT2D eigenvalue weighted by Crippen LogP contribution is 2.28. The Morgan fingerprint density at radius 2 is 1.54 bits per heavy atom. The lowest BCUT2D eigenvalue weighted by atomic mass is 10.1. The zero-order valence-corrected chi connectivity index (χ0v) is 15.9. The molecule has 0 amide bonds. The van der Waals surface area contributed by atoms with Gasteiger partial charge >= 0.3 is 0 Å². The van der Waals surface area contributed by atoms with Gasteiger partial charge in [0.15, 0.2) is 4.90 Å². The standard InChI is InChI=1S/C22H31OS/c1-2-3-4-5-6-7-14-23-21-12-10-20-18-22(13-11-19(20)17-21)24-15-8-9-16-24/h10-13,17-18H,2-9,14-16H2,1H3/q+1. The van der Waals surface area contributed by atoms with E-state index in [1.165, 1.54) is 73.6 Å². The third-order valence-electron chi connectivity index (χ3n) is 4.91. The summed E-state index contributed by atoms with van der Waals surface area (Å²) in [5.74, 6) is 3.81. The molecule has 130 valence electrons. The second-order valence-electron chi connectivity index (χ2n) is 6.90. The van der Waals surface area contributed by atoms with Gasteiger partial charge in [-0.25, -0.2) is 0 Å².